The SMILES string of the molecule is CC1(C)c2cc(OS(C)(=O)=O)ccc2OC1OCCCl. The quantitative estimate of drug-likeness (QED) is 0.615. The molecule has 1 aromatic carbocycles. The lowest BCUT2D eigenvalue weighted by Crippen LogP contribution is -2.35. The summed E-state index contributed by atoms with van der Waals surface area (Å²) < 4.78 is 38.5. The monoisotopic (exact) mass is 320 g/mol. The van der Waals surface area contributed by atoms with Gasteiger partial charge in [-0.15, -0.1) is 11.6 Å². The Kier molecular flexibility index (Phi) is 4.18. The molecule has 0 N–H and O–H groups in total. The van der Waals surface area contributed by atoms with E-state index in [2.05, 4.69) is 0 Å². The smallest absolute Gasteiger partial charge is 0.306 e. The molecule has 0 saturated carbocycles. The Balaban J connectivity index is 2.28. The molecule has 1 atom stereocenters. The number of fused-ring (bicyclic) bond motifs is 1. The fraction of sp³-hybridized carbons (Fsp3) is 0.538. The average Bonchev–Trinajstić information content (AvgIpc) is 2.57. The third kappa shape index (κ3) is 3.19. The van der Waals surface area contributed by atoms with E-state index in [4.69, 9.17) is 25.3 Å². The Labute approximate surface area is 123 Å². The van der Waals surface area contributed by atoms with Crippen molar-refractivity contribution in [3.63, 3.8) is 0 Å². The molecular formula is C13H17ClO5S. The number of alkyl halides is 1. The molecule has 0 saturated heterocycles. The molecule has 0 bridgehead atoms. The van der Waals surface area contributed by atoms with E-state index in [9.17, 15) is 8.42 Å². The van der Waals surface area contributed by atoms with Crippen molar-refractivity contribution in [2.75, 3.05) is 18.7 Å². The summed E-state index contributed by atoms with van der Waals surface area (Å²) in [5.41, 5.74) is 0.427. The molecule has 1 aliphatic heterocycles. The standard InChI is InChI=1S/C13H17ClO5S/c1-13(2)10-8-9(19-20(3,15)16)4-5-11(10)18-12(13)17-7-6-14/h4-5,8,12H,6-7H2,1-3H3. The van der Waals surface area contributed by atoms with Crippen LogP contribution in [0.1, 0.15) is 19.4 Å². The van der Waals surface area contributed by atoms with E-state index < -0.39 is 21.8 Å². The minimum absolute atomic E-state index is 0.265. The number of benzene rings is 1. The first-order valence-electron chi connectivity index (χ1n) is 6.12. The van der Waals surface area contributed by atoms with Crippen LogP contribution in [-0.4, -0.2) is 33.5 Å². The van der Waals surface area contributed by atoms with E-state index in [0.717, 1.165) is 11.8 Å². The minimum atomic E-state index is -3.55. The van der Waals surface area contributed by atoms with Crippen molar-refractivity contribution >= 4 is 21.7 Å². The Hall–Kier alpha value is -0.980. The van der Waals surface area contributed by atoms with E-state index in [-0.39, 0.29) is 5.75 Å². The lowest BCUT2D eigenvalue weighted by molar-refractivity contribution is -0.0974. The van der Waals surface area contributed by atoms with Gasteiger partial charge in [0.25, 0.3) is 0 Å². The van der Waals surface area contributed by atoms with Crippen molar-refractivity contribution in [3.8, 4) is 11.5 Å². The van der Waals surface area contributed by atoms with Crippen LogP contribution in [0.4, 0.5) is 0 Å². The maximum Gasteiger partial charge on any atom is 0.306 e. The molecule has 0 spiro atoms. The Morgan fingerprint density at radius 2 is 2.10 bits per heavy atom. The van der Waals surface area contributed by atoms with Gasteiger partial charge in [0.05, 0.1) is 18.3 Å². The van der Waals surface area contributed by atoms with Gasteiger partial charge in [-0.05, 0) is 32.0 Å². The fourth-order valence-corrected chi connectivity index (χ4v) is 2.67. The van der Waals surface area contributed by atoms with Crippen LogP contribution < -0.4 is 8.92 Å². The van der Waals surface area contributed by atoms with E-state index in [1.165, 1.54) is 0 Å². The number of hydrogen-bond acceptors (Lipinski definition) is 5. The molecule has 2 rings (SSSR count). The second-order valence-electron chi connectivity index (χ2n) is 5.18. The highest BCUT2D eigenvalue weighted by Gasteiger charge is 2.42. The zero-order chi connectivity index (χ0) is 15.0. The maximum atomic E-state index is 11.2. The van der Waals surface area contributed by atoms with Crippen LogP contribution in [0.3, 0.4) is 0 Å². The summed E-state index contributed by atoms with van der Waals surface area (Å²) in [4.78, 5) is 0. The van der Waals surface area contributed by atoms with Gasteiger partial charge < -0.3 is 13.7 Å². The normalized spacial score (nSPS) is 20.3. The molecule has 0 amide bonds. The van der Waals surface area contributed by atoms with Crippen molar-refractivity contribution < 1.29 is 22.1 Å². The zero-order valence-corrected chi connectivity index (χ0v) is 13.1. The van der Waals surface area contributed by atoms with Crippen LogP contribution in [0, 0.1) is 0 Å². The molecular weight excluding hydrogens is 304 g/mol. The zero-order valence-electron chi connectivity index (χ0n) is 11.6. The lowest BCUT2D eigenvalue weighted by Gasteiger charge is -2.25. The first kappa shape index (κ1) is 15.4. The van der Waals surface area contributed by atoms with Gasteiger partial charge in [0.1, 0.15) is 11.5 Å². The summed E-state index contributed by atoms with van der Waals surface area (Å²) in [5, 5.41) is 0. The highest BCUT2D eigenvalue weighted by atomic mass is 35.5. The average molecular weight is 321 g/mol. The molecule has 0 aliphatic carbocycles. The van der Waals surface area contributed by atoms with Gasteiger partial charge in [-0.2, -0.15) is 8.42 Å². The number of hydrogen-bond donors (Lipinski definition) is 0. The van der Waals surface area contributed by atoms with E-state index >= 15 is 0 Å². The molecule has 1 heterocycles. The largest absolute Gasteiger partial charge is 0.464 e. The van der Waals surface area contributed by atoms with Crippen LogP contribution in [-0.2, 0) is 20.3 Å². The second-order valence-corrected chi connectivity index (χ2v) is 7.13. The topological polar surface area (TPSA) is 61.8 Å². The van der Waals surface area contributed by atoms with Crippen molar-refractivity contribution in [2.24, 2.45) is 0 Å². The van der Waals surface area contributed by atoms with Crippen molar-refractivity contribution in [2.45, 2.75) is 25.6 Å². The summed E-state index contributed by atoms with van der Waals surface area (Å²) in [6.45, 7) is 4.31. The molecule has 20 heavy (non-hydrogen) atoms. The van der Waals surface area contributed by atoms with Crippen LogP contribution >= 0.6 is 11.6 Å². The second kappa shape index (κ2) is 5.42. The molecule has 0 radical (unpaired) electrons. The summed E-state index contributed by atoms with van der Waals surface area (Å²) >= 11 is 5.61. The molecule has 1 aliphatic rings. The first-order valence-corrected chi connectivity index (χ1v) is 8.47. The van der Waals surface area contributed by atoms with E-state index in [1.807, 2.05) is 13.8 Å². The predicted molar refractivity (Wildman–Crippen MR) is 76.0 cm³/mol. The third-order valence-electron chi connectivity index (χ3n) is 3.06. The molecule has 5 nitrogen and oxygen atoms in total. The van der Waals surface area contributed by atoms with Gasteiger partial charge in [0, 0.05) is 11.4 Å². The Morgan fingerprint density at radius 1 is 1.40 bits per heavy atom. The maximum absolute atomic E-state index is 11.2. The summed E-state index contributed by atoms with van der Waals surface area (Å²) in [6.07, 6.45) is 0.554. The highest BCUT2D eigenvalue weighted by molar-refractivity contribution is 7.86. The van der Waals surface area contributed by atoms with Gasteiger partial charge in [-0.25, -0.2) is 0 Å². The highest BCUT2D eigenvalue weighted by Crippen LogP contribution is 2.44. The van der Waals surface area contributed by atoms with Crippen LogP contribution in [0.5, 0.6) is 11.5 Å². The van der Waals surface area contributed by atoms with Gasteiger partial charge in [-0.3, -0.25) is 0 Å². The van der Waals surface area contributed by atoms with Crippen LogP contribution in [0.15, 0.2) is 18.2 Å². The van der Waals surface area contributed by atoms with Gasteiger partial charge >= 0.3 is 10.1 Å². The van der Waals surface area contributed by atoms with Crippen molar-refractivity contribution in [1.29, 1.82) is 0 Å². The molecule has 7 heteroatoms. The molecule has 0 fully saturated rings. The Morgan fingerprint density at radius 3 is 2.70 bits per heavy atom. The van der Waals surface area contributed by atoms with Crippen LogP contribution in [0.2, 0.25) is 0 Å². The first-order chi connectivity index (χ1) is 9.24. The molecule has 1 unspecified atom stereocenters. The summed E-state index contributed by atoms with van der Waals surface area (Å²) in [6, 6.07) is 4.90. The van der Waals surface area contributed by atoms with Gasteiger partial charge in [0.2, 0.25) is 6.29 Å². The summed E-state index contributed by atoms with van der Waals surface area (Å²) in [5.74, 6) is 1.31. The molecule has 112 valence electrons. The van der Waals surface area contributed by atoms with Gasteiger partial charge in [0.15, 0.2) is 0 Å². The minimum Gasteiger partial charge on any atom is -0.464 e. The van der Waals surface area contributed by atoms with Crippen molar-refractivity contribution in [1.82, 2.24) is 0 Å². The number of ether oxygens (including phenoxy) is 2. The molecule has 1 aromatic rings. The van der Waals surface area contributed by atoms with Gasteiger partial charge in [-0.1, -0.05) is 0 Å². The summed E-state index contributed by atoms with van der Waals surface area (Å²) in [7, 11) is -3.55. The molecule has 0 aromatic heterocycles. The van der Waals surface area contributed by atoms with E-state index in [0.29, 0.717) is 18.2 Å². The van der Waals surface area contributed by atoms with E-state index in [1.54, 1.807) is 18.2 Å². The van der Waals surface area contributed by atoms with Crippen LogP contribution in [0.25, 0.3) is 0 Å². The lowest BCUT2D eigenvalue weighted by atomic mass is 9.85. The fourth-order valence-electron chi connectivity index (χ4n) is 2.13. The third-order valence-corrected chi connectivity index (χ3v) is 3.71. The Bertz CT molecular complexity index is 597. The number of halogens is 1. The number of rotatable bonds is 5. The predicted octanol–water partition coefficient (Wildman–Crippen LogP) is 2.28. The van der Waals surface area contributed by atoms with Crippen molar-refractivity contribution in [3.05, 3.63) is 23.8 Å².